The maximum atomic E-state index is 12.8. The van der Waals surface area contributed by atoms with Crippen molar-refractivity contribution in [1.82, 2.24) is 5.32 Å². The number of allylic oxidation sites excluding steroid dienone is 24. The number of ether oxygens (including phenoxy) is 2. The molecule has 1 saturated heterocycles. The number of unbranched alkanes of at least 4 members (excludes halogenated alkanes) is 5. The van der Waals surface area contributed by atoms with Crippen LogP contribution >= 0.6 is 0 Å². The van der Waals surface area contributed by atoms with E-state index >= 15 is 0 Å². The summed E-state index contributed by atoms with van der Waals surface area (Å²) in [4.78, 5) is 12.8. The lowest BCUT2D eigenvalue weighted by molar-refractivity contribution is -0.302. The highest BCUT2D eigenvalue weighted by Gasteiger charge is 2.44. The first kappa shape index (κ1) is 60.1. The molecule has 1 heterocycles. The van der Waals surface area contributed by atoms with E-state index in [1.165, 1.54) is 0 Å². The van der Waals surface area contributed by atoms with Gasteiger partial charge in [-0.1, -0.05) is 185 Å². The van der Waals surface area contributed by atoms with Crippen LogP contribution in [0.4, 0.5) is 0 Å². The molecule has 0 aromatic heterocycles. The molecule has 1 fully saturated rings. The molecule has 0 bridgehead atoms. The lowest BCUT2D eigenvalue weighted by atomic mass is 9.99. The number of hydrogen-bond donors (Lipinski definition) is 6. The van der Waals surface area contributed by atoms with Crippen LogP contribution in [0.3, 0.4) is 0 Å². The van der Waals surface area contributed by atoms with Crippen molar-refractivity contribution in [3.05, 3.63) is 146 Å². The fourth-order valence-corrected chi connectivity index (χ4v) is 6.73. The number of rotatable bonds is 39. The molecule has 0 aromatic rings. The number of carbonyl (C=O) groups is 1. The van der Waals surface area contributed by atoms with Gasteiger partial charge in [0.2, 0.25) is 5.91 Å². The lowest BCUT2D eigenvalue weighted by Gasteiger charge is -2.40. The molecule has 1 aliphatic rings. The molecule has 1 rings (SSSR count). The summed E-state index contributed by atoms with van der Waals surface area (Å²) in [7, 11) is 0. The van der Waals surface area contributed by atoms with Gasteiger partial charge in [0.1, 0.15) is 24.4 Å². The summed E-state index contributed by atoms with van der Waals surface area (Å²) in [5, 5.41) is 53.7. The van der Waals surface area contributed by atoms with Gasteiger partial charge in [0.15, 0.2) is 6.29 Å². The van der Waals surface area contributed by atoms with Crippen LogP contribution in [-0.2, 0) is 14.3 Å². The van der Waals surface area contributed by atoms with E-state index in [2.05, 4.69) is 165 Å². The van der Waals surface area contributed by atoms with Crippen LogP contribution in [0, 0.1) is 0 Å². The first-order chi connectivity index (χ1) is 32.3. The molecule has 1 aliphatic heterocycles. The molecule has 9 nitrogen and oxygen atoms in total. The lowest BCUT2D eigenvalue weighted by Crippen LogP contribution is -2.60. The van der Waals surface area contributed by atoms with Crippen LogP contribution in [0.15, 0.2) is 146 Å². The Morgan fingerprint density at radius 3 is 1.33 bits per heavy atom. The molecular formula is C57H89NO8. The van der Waals surface area contributed by atoms with E-state index in [0.29, 0.717) is 19.3 Å². The van der Waals surface area contributed by atoms with E-state index in [4.69, 9.17) is 9.47 Å². The highest BCUT2D eigenvalue weighted by Crippen LogP contribution is 2.22. The summed E-state index contributed by atoms with van der Waals surface area (Å²) in [5.74, 6) is -0.204. The Kier molecular flexibility index (Phi) is 40.9. The normalized spacial score (nSPS) is 21.1. The predicted octanol–water partition coefficient (Wildman–Crippen LogP) is 11.6. The number of nitrogens with one attached hydrogen (secondary N) is 1. The third-order valence-electron chi connectivity index (χ3n) is 10.7. The Bertz CT molecular complexity index is 1530. The second-order valence-electron chi connectivity index (χ2n) is 16.5. The molecule has 9 heteroatoms. The van der Waals surface area contributed by atoms with Gasteiger partial charge in [-0.15, -0.1) is 0 Å². The van der Waals surface area contributed by atoms with Gasteiger partial charge >= 0.3 is 0 Å². The fraction of sp³-hybridized carbons (Fsp3) is 0.561. The first-order valence-electron chi connectivity index (χ1n) is 25.0. The van der Waals surface area contributed by atoms with Gasteiger partial charge in [0.05, 0.1) is 25.4 Å². The van der Waals surface area contributed by atoms with Gasteiger partial charge in [0.25, 0.3) is 0 Å². The second kappa shape index (κ2) is 44.9. The standard InChI is InChI=1S/C57H89NO8/c1-3-5-7-9-10-11-12-13-14-15-16-17-18-19-20-21-22-23-24-25-26-27-28-29-30-31-32-33-34-35-36-37-38-39-40-41-42-43-45-47-53(61)58-50(51(60)46-44-8-6-4-2)49-65-57-56(64)55(63)54(62)52(48-59)66-57/h5,7,10-11,13-14,16-17,19-20,22-23,25-26,28-29,31-32,34-35,37-38,40-41,50-52,54-57,59-60,62-64H,3-4,6,8-9,12,15,18,21,24,27,30,33,36,39,42-49H2,1-2H3,(H,58,61)/b7-5-,11-10-,14-13-,17-16-,20-19-,23-22-,26-25-,29-28-,32-31-,35-34-,38-37-,41-40-. The zero-order valence-corrected chi connectivity index (χ0v) is 40.6. The molecule has 0 aromatic carbocycles. The Morgan fingerprint density at radius 1 is 0.530 bits per heavy atom. The van der Waals surface area contributed by atoms with Crippen LogP contribution < -0.4 is 5.32 Å². The van der Waals surface area contributed by atoms with E-state index in [1.54, 1.807) is 0 Å². The molecule has 7 unspecified atom stereocenters. The highest BCUT2D eigenvalue weighted by molar-refractivity contribution is 5.76. The third-order valence-corrected chi connectivity index (χ3v) is 10.7. The van der Waals surface area contributed by atoms with E-state index < -0.39 is 49.5 Å². The quantitative estimate of drug-likeness (QED) is 0.0264. The maximum Gasteiger partial charge on any atom is 0.220 e. The van der Waals surface area contributed by atoms with E-state index in [0.717, 1.165) is 116 Å². The number of hydrogen-bond acceptors (Lipinski definition) is 8. The Labute approximate surface area is 400 Å². The van der Waals surface area contributed by atoms with Crippen LogP contribution in [-0.4, -0.2) is 87.5 Å². The Balaban J connectivity index is 2.13. The van der Waals surface area contributed by atoms with Crippen molar-refractivity contribution in [3.63, 3.8) is 0 Å². The molecule has 0 aliphatic carbocycles. The molecular weight excluding hydrogens is 827 g/mol. The van der Waals surface area contributed by atoms with Gasteiger partial charge in [-0.2, -0.15) is 0 Å². The van der Waals surface area contributed by atoms with Gasteiger partial charge < -0.3 is 40.3 Å². The van der Waals surface area contributed by atoms with E-state index in [-0.39, 0.29) is 12.5 Å². The smallest absolute Gasteiger partial charge is 0.220 e. The van der Waals surface area contributed by atoms with Crippen molar-refractivity contribution < 1.29 is 39.8 Å². The summed E-state index contributed by atoms with van der Waals surface area (Å²) in [6.45, 7) is 3.53. The van der Waals surface area contributed by atoms with Gasteiger partial charge in [0, 0.05) is 6.42 Å². The minimum atomic E-state index is -1.57. The average molecular weight is 916 g/mol. The minimum absolute atomic E-state index is 0.170. The SMILES string of the molecule is CC/C=C\C/C=C\C/C=C\C/C=C\C/C=C\C/C=C\C/C=C\C/C=C\C/C=C\C/C=C\C/C=C\C/C=C\CCCCC(=O)NC(COC1OC(CO)C(O)C(O)C1O)C(O)CCCCCC. The highest BCUT2D eigenvalue weighted by atomic mass is 16.7. The van der Waals surface area contributed by atoms with E-state index in [1.807, 2.05) is 0 Å². The monoisotopic (exact) mass is 916 g/mol. The largest absolute Gasteiger partial charge is 0.394 e. The molecule has 66 heavy (non-hydrogen) atoms. The van der Waals surface area contributed by atoms with Crippen LogP contribution in [0.25, 0.3) is 0 Å². The maximum absolute atomic E-state index is 12.8. The summed E-state index contributed by atoms with van der Waals surface area (Å²) in [6.07, 6.45) is 63.8. The van der Waals surface area contributed by atoms with Crippen LogP contribution in [0.2, 0.25) is 0 Å². The molecule has 1 amide bonds. The Hall–Kier alpha value is -3.93. The first-order valence-corrected chi connectivity index (χ1v) is 25.0. The van der Waals surface area contributed by atoms with Crippen molar-refractivity contribution in [2.45, 2.75) is 192 Å². The van der Waals surface area contributed by atoms with Gasteiger partial charge in [-0.05, 0) is 103 Å². The third kappa shape index (κ3) is 34.4. The number of aliphatic hydroxyl groups excluding tert-OH is 5. The average Bonchev–Trinajstić information content (AvgIpc) is 3.32. The van der Waals surface area contributed by atoms with Gasteiger partial charge in [-0.25, -0.2) is 0 Å². The minimum Gasteiger partial charge on any atom is -0.394 e. The Morgan fingerprint density at radius 2 is 0.939 bits per heavy atom. The predicted molar refractivity (Wildman–Crippen MR) is 276 cm³/mol. The summed E-state index contributed by atoms with van der Waals surface area (Å²) >= 11 is 0. The van der Waals surface area contributed by atoms with Crippen LogP contribution in [0.5, 0.6) is 0 Å². The number of aliphatic hydroxyl groups is 5. The topological polar surface area (TPSA) is 149 Å². The summed E-state index contributed by atoms with van der Waals surface area (Å²) in [5.41, 5.74) is 0. The molecule has 7 atom stereocenters. The zero-order chi connectivity index (χ0) is 48.0. The molecule has 6 N–H and O–H groups in total. The van der Waals surface area contributed by atoms with E-state index in [9.17, 15) is 30.3 Å². The molecule has 0 radical (unpaired) electrons. The summed E-state index contributed by atoms with van der Waals surface area (Å²) in [6, 6.07) is -0.749. The fourth-order valence-electron chi connectivity index (χ4n) is 6.73. The van der Waals surface area contributed by atoms with Crippen LogP contribution in [0.1, 0.15) is 149 Å². The number of amides is 1. The van der Waals surface area contributed by atoms with Crippen molar-refractivity contribution >= 4 is 5.91 Å². The van der Waals surface area contributed by atoms with Crippen molar-refractivity contribution in [3.8, 4) is 0 Å². The molecule has 370 valence electrons. The summed E-state index contributed by atoms with van der Waals surface area (Å²) < 4.78 is 11.1. The van der Waals surface area contributed by atoms with Gasteiger partial charge in [-0.3, -0.25) is 4.79 Å². The molecule has 0 spiro atoms. The second-order valence-corrected chi connectivity index (χ2v) is 16.5. The van der Waals surface area contributed by atoms with Crippen molar-refractivity contribution in [2.75, 3.05) is 13.2 Å². The zero-order valence-electron chi connectivity index (χ0n) is 40.6. The number of carbonyl (C=O) groups excluding carboxylic acids is 1. The van der Waals surface area contributed by atoms with Crippen molar-refractivity contribution in [2.24, 2.45) is 0 Å². The molecule has 0 saturated carbocycles. The van der Waals surface area contributed by atoms with Crippen molar-refractivity contribution in [1.29, 1.82) is 0 Å².